The number of aryl methyl sites for hydroxylation is 1. The number of alkyl halides is 3. The number of hydrogen-bond donors (Lipinski definition) is 4. The first-order valence-electron chi connectivity index (χ1n) is 13.9. The van der Waals surface area contributed by atoms with Gasteiger partial charge in [0.25, 0.3) is 0 Å². The number of benzene rings is 1. The normalized spacial score (nSPS) is 13.7. The second kappa shape index (κ2) is 15.4. The minimum absolute atomic E-state index is 0.346. The van der Waals surface area contributed by atoms with Gasteiger partial charge in [-0.15, -0.1) is 11.3 Å². The summed E-state index contributed by atoms with van der Waals surface area (Å²) < 4.78 is 52.4. The van der Waals surface area contributed by atoms with Gasteiger partial charge < -0.3 is 20.5 Å². The highest BCUT2D eigenvalue weighted by Gasteiger charge is 2.38. The van der Waals surface area contributed by atoms with E-state index in [9.17, 15) is 13.2 Å². The average Bonchev–Trinajstić information content (AvgIpc) is 3.42. The summed E-state index contributed by atoms with van der Waals surface area (Å²) in [6.45, 7) is 6.87. The fourth-order valence-corrected chi connectivity index (χ4v) is 5.75. The van der Waals surface area contributed by atoms with E-state index >= 15 is 4.39 Å². The summed E-state index contributed by atoms with van der Waals surface area (Å²) in [6, 6.07) is 11.2. The van der Waals surface area contributed by atoms with E-state index in [-0.39, 0.29) is 5.82 Å². The van der Waals surface area contributed by atoms with E-state index in [0.717, 1.165) is 42.4 Å². The van der Waals surface area contributed by atoms with Gasteiger partial charge in [0.1, 0.15) is 5.82 Å². The van der Waals surface area contributed by atoms with Crippen molar-refractivity contribution in [3.63, 3.8) is 0 Å². The first-order chi connectivity index (χ1) is 21.5. The van der Waals surface area contributed by atoms with Crippen LogP contribution < -0.4 is 15.4 Å². The standard InChI is InChI=1S/C27H31FN8S2.C2HF3O2/c1-4-36(3)38-35-21-7-5-6-20(24(21)28)25-26(37-17(2)32-25)22-12-15-30-27(33-22)34-23-9-8-19(16-31-23)18-10-13-29-14-11-18;3-2(4,5)1(6)7/h5-9,12,15-16,18,29,35H,4,10-11,13-14H2,1-3H3,(H,30,31,33,34);(H,6,7). The topological polar surface area (TPSA) is 128 Å². The van der Waals surface area contributed by atoms with Crippen LogP contribution in [0.2, 0.25) is 0 Å². The lowest BCUT2D eigenvalue weighted by atomic mass is 9.91. The Morgan fingerprint density at radius 3 is 2.53 bits per heavy atom. The first kappa shape index (κ1) is 34.0. The number of anilines is 3. The molecule has 0 amide bonds. The molecular weight excluding hydrogens is 632 g/mol. The van der Waals surface area contributed by atoms with Gasteiger partial charge >= 0.3 is 12.1 Å². The molecule has 0 bridgehead atoms. The molecule has 1 aliphatic heterocycles. The van der Waals surface area contributed by atoms with Crippen LogP contribution >= 0.6 is 23.5 Å². The summed E-state index contributed by atoms with van der Waals surface area (Å²) in [6.07, 6.45) is 0.806. The minimum Gasteiger partial charge on any atom is -0.475 e. The summed E-state index contributed by atoms with van der Waals surface area (Å²) in [7, 11) is 1.94. The number of pyridine rings is 1. The Kier molecular flexibility index (Phi) is 11.7. The number of aromatic nitrogens is 4. The quantitative estimate of drug-likeness (QED) is 0.110. The van der Waals surface area contributed by atoms with Gasteiger partial charge in [0, 0.05) is 36.6 Å². The summed E-state index contributed by atoms with van der Waals surface area (Å²) in [4.78, 5) is 28.1. The molecule has 1 saturated heterocycles. The van der Waals surface area contributed by atoms with Crippen LogP contribution in [0.1, 0.15) is 36.3 Å². The van der Waals surface area contributed by atoms with Crippen molar-refractivity contribution in [1.82, 2.24) is 29.6 Å². The predicted molar refractivity (Wildman–Crippen MR) is 169 cm³/mol. The third-order valence-corrected chi connectivity index (χ3v) is 8.59. The molecule has 1 aliphatic rings. The summed E-state index contributed by atoms with van der Waals surface area (Å²) in [5.41, 5.74) is 3.34. The number of nitrogens with one attached hydrogen (secondary N) is 3. The lowest BCUT2D eigenvalue weighted by Crippen LogP contribution is -2.26. The Bertz CT molecular complexity index is 1580. The maximum Gasteiger partial charge on any atom is 0.490 e. The van der Waals surface area contributed by atoms with Crippen molar-refractivity contribution >= 4 is 46.9 Å². The smallest absolute Gasteiger partial charge is 0.475 e. The summed E-state index contributed by atoms with van der Waals surface area (Å²) in [5, 5.41) is 14.6. The number of piperidine rings is 1. The zero-order valence-corrected chi connectivity index (χ0v) is 26.3. The van der Waals surface area contributed by atoms with Crippen molar-refractivity contribution in [2.45, 2.75) is 38.8 Å². The van der Waals surface area contributed by atoms with Crippen LogP contribution in [0.3, 0.4) is 0 Å². The average molecular weight is 665 g/mol. The lowest BCUT2D eigenvalue weighted by molar-refractivity contribution is -0.192. The molecule has 240 valence electrons. The van der Waals surface area contributed by atoms with Gasteiger partial charge in [-0.25, -0.2) is 33.4 Å². The SMILES string of the molecule is CCN(C)SNc1cccc(-c2nc(C)sc2-c2ccnc(Nc3ccc(C4CCNCC4)cn3)n2)c1F.O=C(O)C(F)(F)F. The van der Waals surface area contributed by atoms with Crippen LogP contribution in [0.4, 0.5) is 35.0 Å². The second-order valence-corrected chi connectivity index (χ2v) is 12.1. The second-order valence-electron chi connectivity index (χ2n) is 9.91. The molecule has 4 aromatic rings. The predicted octanol–water partition coefficient (Wildman–Crippen LogP) is 6.88. The van der Waals surface area contributed by atoms with Crippen molar-refractivity contribution in [1.29, 1.82) is 0 Å². The van der Waals surface area contributed by atoms with Crippen LogP contribution in [0.5, 0.6) is 0 Å². The molecule has 0 atom stereocenters. The molecule has 16 heteroatoms. The number of halogens is 4. The molecule has 0 unspecified atom stereocenters. The Balaban J connectivity index is 0.000000591. The highest BCUT2D eigenvalue weighted by atomic mass is 32.2. The molecule has 0 spiro atoms. The van der Waals surface area contributed by atoms with Crippen molar-refractivity contribution in [3.8, 4) is 21.8 Å². The Morgan fingerprint density at radius 1 is 1.16 bits per heavy atom. The number of aliphatic carboxylic acids is 1. The fraction of sp³-hybridized carbons (Fsp3) is 0.345. The zero-order valence-electron chi connectivity index (χ0n) is 24.7. The van der Waals surface area contributed by atoms with E-state index in [1.807, 2.05) is 49.6 Å². The number of carboxylic acids is 1. The first-order valence-corrected chi connectivity index (χ1v) is 15.5. The molecule has 3 aromatic heterocycles. The van der Waals surface area contributed by atoms with Crippen molar-refractivity contribution in [3.05, 3.63) is 65.2 Å². The van der Waals surface area contributed by atoms with E-state index in [4.69, 9.17) is 14.9 Å². The van der Waals surface area contributed by atoms with Crippen LogP contribution in [0.15, 0.2) is 48.8 Å². The van der Waals surface area contributed by atoms with Crippen molar-refractivity contribution in [2.24, 2.45) is 0 Å². The molecule has 1 fully saturated rings. The molecule has 5 rings (SSSR count). The van der Waals surface area contributed by atoms with Crippen LogP contribution in [-0.2, 0) is 4.79 Å². The summed E-state index contributed by atoms with van der Waals surface area (Å²) in [5.74, 6) is -1.45. The molecule has 0 saturated carbocycles. The Morgan fingerprint density at radius 2 is 1.89 bits per heavy atom. The molecule has 45 heavy (non-hydrogen) atoms. The fourth-order valence-electron chi connectivity index (χ4n) is 4.30. The van der Waals surface area contributed by atoms with Crippen LogP contribution in [-0.4, -0.2) is 68.2 Å². The molecule has 4 N–H and O–H groups in total. The summed E-state index contributed by atoms with van der Waals surface area (Å²) >= 11 is 2.83. The van der Waals surface area contributed by atoms with Gasteiger partial charge in [0.05, 0.1) is 27.0 Å². The highest BCUT2D eigenvalue weighted by molar-refractivity contribution is 7.98. The lowest BCUT2D eigenvalue weighted by Gasteiger charge is -2.22. The molecule has 0 radical (unpaired) electrons. The van der Waals surface area contributed by atoms with Gasteiger partial charge in [-0.05, 0) is 75.6 Å². The van der Waals surface area contributed by atoms with E-state index < -0.39 is 12.1 Å². The molecule has 0 aliphatic carbocycles. The zero-order chi connectivity index (χ0) is 32.6. The number of nitrogens with zero attached hydrogens (tertiary/aromatic N) is 5. The number of rotatable bonds is 9. The van der Waals surface area contributed by atoms with Crippen molar-refractivity contribution < 1.29 is 27.5 Å². The van der Waals surface area contributed by atoms with E-state index in [0.29, 0.717) is 40.3 Å². The van der Waals surface area contributed by atoms with Crippen LogP contribution in [0, 0.1) is 12.7 Å². The van der Waals surface area contributed by atoms with Gasteiger partial charge in [-0.2, -0.15) is 13.2 Å². The van der Waals surface area contributed by atoms with Gasteiger partial charge in [0.2, 0.25) is 5.95 Å². The maximum atomic E-state index is 15.6. The van der Waals surface area contributed by atoms with Gasteiger partial charge in [0.15, 0.2) is 5.82 Å². The van der Waals surface area contributed by atoms with E-state index in [2.05, 4.69) is 36.4 Å². The van der Waals surface area contributed by atoms with Crippen molar-refractivity contribution in [2.75, 3.05) is 36.7 Å². The largest absolute Gasteiger partial charge is 0.490 e. The monoisotopic (exact) mass is 664 g/mol. The number of hydrogen-bond acceptors (Lipinski definition) is 11. The van der Waals surface area contributed by atoms with Gasteiger partial charge in [-0.1, -0.05) is 19.1 Å². The molecule has 4 heterocycles. The van der Waals surface area contributed by atoms with E-state index in [1.165, 1.54) is 29.0 Å². The molecule has 10 nitrogen and oxygen atoms in total. The number of carbonyl (C=O) groups is 1. The maximum absolute atomic E-state index is 15.6. The molecular formula is C29H32F4N8O2S2. The number of carboxylic acid groups (broad SMARTS) is 1. The third-order valence-electron chi connectivity index (χ3n) is 6.71. The highest BCUT2D eigenvalue weighted by Crippen LogP contribution is 2.39. The number of thiazole rings is 1. The third kappa shape index (κ3) is 9.32. The molecule has 1 aromatic carbocycles. The Labute approximate surface area is 266 Å². The minimum atomic E-state index is -5.08. The van der Waals surface area contributed by atoms with E-state index in [1.54, 1.807) is 18.3 Å². The van der Waals surface area contributed by atoms with Crippen LogP contribution in [0.25, 0.3) is 21.8 Å². The Hall–Kier alpha value is -3.86. The van der Waals surface area contributed by atoms with Gasteiger partial charge in [-0.3, -0.25) is 0 Å².